The van der Waals surface area contributed by atoms with Gasteiger partial charge in [-0.2, -0.15) is 0 Å². The maximum atomic E-state index is 14.2. The van der Waals surface area contributed by atoms with E-state index in [1.165, 1.54) is 23.9 Å². The van der Waals surface area contributed by atoms with E-state index in [1.807, 2.05) is 13.8 Å². The van der Waals surface area contributed by atoms with E-state index in [2.05, 4.69) is 0 Å². The van der Waals surface area contributed by atoms with Gasteiger partial charge >= 0.3 is 5.97 Å². The summed E-state index contributed by atoms with van der Waals surface area (Å²) in [6.07, 6.45) is -0.296. The number of amides is 1. The number of carboxylic acid groups (broad SMARTS) is 1. The van der Waals surface area contributed by atoms with Gasteiger partial charge in [0.25, 0.3) is 11.6 Å². The molecule has 2 rings (SSSR count). The Morgan fingerprint density at radius 2 is 2.12 bits per heavy atom. The quantitative estimate of drug-likeness (QED) is 0.494. The minimum atomic E-state index is -2.47. The Morgan fingerprint density at radius 3 is 2.62 bits per heavy atom. The molecule has 1 fully saturated rings. The van der Waals surface area contributed by atoms with Crippen LogP contribution in [0.25, 0.3) is 0 Å². The zero-order valence-corrected chi connectivity index (χ0v) is 14.0. The number of alkyl halides is 1. The number of thioether (sulfide) groups is 1. The lowest BCUT2D eigenvalue weighted by molar-refractivity contribution is -0.384. The Bertz CT molecular complexity index is 696. The van der Waals surface area contributed by atoms with Gasteiger partial charge < -0.3 is 10.0 Å². The van der Waals surface area contributed by atoms with E-state index in [9.17, 15) is 24.1 Å². The Balaban J connectivity index is 2.35. The summed E-state index contributed by atoms with van der Waals surface area (Å²) in [7, 11) is 0. The molecule has 1 aromatic rings. The molecule has 1 amide bonds. The Morgan fingerprint density at radius 1 is 1.46 bits per heavy atom. The van der Waals surface area contributed by atoms with Gasteiger partial charge in [0.15, 0.2) is 0 Å². The predicted octanol–water partition coefficient (Wildman–Crippen LogP) is 2.73. The largest absolute Gasteiger partial charge is 0.479 e. The first-order valence-corrected chi connectivity index (χ1v) is 8.18. The maximum Gasteiger partial charge on any atom is 0.343 e. The van der Waals surface area contributed by atoms with E-state index in [0.29, 0.717) is 4.90 Å². The number of carbonyl (C=O) groups is 2. The van der Waals surface area contributed by atoms with Crippen molar-refractivity contribution >= 4 is 29.3 Å². The van der Waals surface area contributed by atoms with Gasteiger partial charge in [-0.3, -0.25) is 14.9 Å². The molecule has 1 atom stereocenters. The molecule has 9 heteroatoms. The van der Waals surface area contributed by atoms with Gasteiger partial charge in [0.05, 0.1) is 17.0 Å². The lowest BCUT2D eigenvalue weighted by atomic mass is 10.1. The van der Waals surface area contributed by atoms with Crippen molar-refractivity contribution in [2.24, 2.45) is 0 Å². The van der Waals surface area contributed by atoms with Crippen LogP contribution in [0.2, 0.25) is 0 Å². The monoisotopic (exact) mass is 356 g/mol. The minimum absolute atomic E-state index is 0.0455. The first-order valence-electron chi connectivity index (χ1n) is 7.31. The molecule has 0 saturated carbocycles. The molecule has 130 valence electrons. The molecule has 0 spiro atoms. The average Bonchev–Trinajstić information content (AvgIpc) is 2.90. The van der Waals surface area contributed by atoms with Crippen LogP contribution >= 0.6 is 11.8 Å². The van der Waals surface area contributed by atoms with Crippen LogP contribution in [0.5, 0.6) is 0 Å². The van der Waals surface area contributed by atoms with Gasteiger partial charge in [-0.25, -0.2) is 9.18 Å². The van der Waals surface area contributed by atoms with E-state index in [-0.39, 0.29) is 29.5 Å². The Labute approximate surface area is 142 Å². The number of rotatable bonds is 5. The van der Waals surface area contributed by atoms with Gasteiger partial charge in [-0.15, -0.1) is 11.8 Å². The second-order valence-electron chi connectivity index (χ2n) is 5.85. The zero-order valence-electron chi connectivity index (χ0n) is 13.2. The third kappa shape index (κ3) is 3.66. The van der Waals surface area contributed by atoms with Crippen molar-refractivity contribution < 1.29 is 24.0 Å². The van der Waals surface area contributed by atoms with Crippen molar-refractivity contribution in [1.29, 1.82) is 0 Å². The molecule has 1 heterocycles. The predicted molar refractivity (Wildman–Crippen MR) is 86.1 cm³/mol. The van der Waals surface area contributed by atoms with Crippen molar-refractivity contribution in [3.8, 4) is 0 Å². The van der Waals surface area contributed by atoms with Crippen molar-refractivity contribution in [2.75, 3.05) is 13.1 Å². The number of aliphatic carboxylic acids is 1. The fraction of sp³-hybridized carbons (Fsp3) is 0.467. The number of halogens is 1. The highest BCUT2D eigenvalue weighted by molar-refractivity contribution is 8.00. The lowest BCUT2D eigenvalue weighted by Gasteiger charge is -2.19. The van der Waals surface area contributed by atoms with Crippen LogP contribution in [0.15, 0.2) is 23.1 Å². The molecule has 0 aromatic heterocycles. The van der Waals surface area contributed by atoms with Gasteiger partial charge in [-0.05, 0) is 6.07 Å². The van der Waals surface area contributed by atoms with Crippen molar-refractivity contribution in [3.05, 3.63) is 33.9 Å². The highest BCUT2D eigenvalue weighted by atomic mass is 32.2. The molecule has 1 aromatic carbocycles. The molecule has 1 aliphatic heterocycles. The molecule has 24 heavy (non-hydrogen) atoms. The van der Waals surface area contributed by atoms with Gasteiger partial charge in [-0.1, -0.05) is 13.8 Å². The van der Waals surface area contributed by atoms with E-state index in [4.69, 9.17) is 5.11 Å². The number of nitro groups is 1. The number of carbonyl (C=O) groups excluding carboxylic acids is 1. The topological polar surface area (TPSA) is 101 Å². The number of nitrogens with zero attached hydrogens (tertiary/aromatic N) is 2. The molecule has 0 aliphatic carbocycles. The Hall–Kier alpha value is -2.16. The summed E-state index contributed by atoms with van der Waals surface area (Å²) in [6, 6.07) is 3.96. The van der Waals surface area contributed by atoms with Crippen LogP contribution in [0.1, 0.15) is 30.6 Å². The standard InChI is InChI=1S/C15H17FN2O5S/c1-9(2)24-12-4-3-10(18(22)23)7-11(12)13(19)17-6-5-15(16,8-17)14(20)21/h3-4,7,9H,5-6,8H2,1-2H3,(H,20,21). The van der Waals surface area contributed by atoms with Crippen LogP contribution in [0.3, 0.4) is 0 Å². The normalized spacial score (nSPS) is 20.4. The van der Waals surface area contributed by atoms with Gasteiger partial charge in [0, 0.05) is 35.2 Å². The number of non-ortho nitro benzene ring substituents is 1. The smallest absolute Gasteiger partial charge is 0.343 e. The summed E-state index contributed by atoms with van der Waals surface area (Å²) >= 11 is 1.36. The summed E-state index contributed by atoms with van der Waals surface area (Å²) in [5.74, 6) is -2.20. The first-order chi connectivity index (χ1) is 11.1. The number of carboxylic acids is 1. The minimum Gasteiger partial charge on any atom is -0.479 e. The summed E-state index contributed by atoms with van der Waals surface area (Å²) in [4.78, 5) is 35.6. The van der Waals surface area contributed by atoms with Crippen LogP contribution in [0.4, 0.5) is 10.1 Å². The Kier molecular flexibility index (Phi) is 5.12. The zero-order chi connectivity index (χ0) is 18.1. The molecular formula is C15H17FN2O5S. The molecule has 0 radical (unpaired) electrons. The summed E-state index contributed by atoms with van der Waals surface area (Å²) in [5, 5.41) is 20.0. The van der Waals surface area contributed by atoms with Crippen molar-refractivity contribution in [3.63, 3.8) is 0 Å². The van der Waals surface area contributed by atoms with E-state index < -0.39 is 29.0 Å². The number of benzene rings is 1. The third-order valence-electron chi connectivity index (χ3n) is 3.66. The summed E-state index contributed by atoms with van der Waals surface area (Å²) < 4.78 is 14.2. The fourth-order valence-electron chi connectivity index (χ4n) is 2.45. The number of hydrogen-bond donors (Lipinski definition) is 1. The highest BCUT2D eigenvalue weighted by Gasteiger charge is 2.47. The van der Waals surface area contributed by atoms with E-state index >= 15 is 0 Å². The number of likely N-dealkylation sites (tertiary alicyclic amines) is 1. The maximum absolute atomic E-state index is 14.2. The molecule has 1 unspecified atom stereocenters. The van der Waals surface area contributed by atoms with Crippen LogP contribution < -0.4 is 0 Å². The number of nitro benzene ring substituents is 1. The summed E-state index contributed by atoms with van der Waals surface area (Å²) in [6.45, 7) is 3.21. The number of hydrogen-bond acceptors (Lipinski definition) is 5. The fourth-order valence-corrected chi connectivity index (χ4v) is 3.37. The summed E-state index contributed by atoms with van der Waals surface area (Å²) in [5.41, 5.74) is -2.62. The lowest BCUT2D eigenvalue weighted by Crippen LogP contribution is -2.39. The molecule has 1 saturated heterocycles. The molecule has 0 bridgehead atoms. The van der Waals surface area contributed by atoms with Crippen LogP contribution in [-0.2, 0) is 4.79 Å². The van der Waals surface area contributed by atoms with E-state index in [0.717, 1.165) is 11.0 Å². The second kappa shape index (κ2) is 6.76. The van der Waals surface area contributed by atoms with Gasteiger partial charge in [0.2, 0.25) is 5.67 Å². The van der Waals surface area contributed by atoms with E-state index in [1.54, 1.807) is 0 Å². The SMILES string of the molecule is CC(C)Sc1ccc([N+](=O)[O-])cc1C(=O)N1CCC(F)(C(=O)O)C1. The molecular weight excluding hydrogens is 339 g/mol. The highest BCUT2D eigenvalue weighted by Crippen LogP contribution is 2.33. The van der Waals surface area contributed by atoms with Crippen molar-refractivity contribution in [1.82, 2.24) is 4.90 Å². The average molecular weight is 356 g/mol. The van der Waals surface area contributed by atoms with Crippen LogP contribution in [0, 0.1) is 10.1 Å². The second-order valence-corrected chi connectivity index (χ2v) is 7.47. The van der Waals surface area contributed by atoms with Crippen LogP contribution in [-0.4, -0.2) is 50.8 Å². The third-order valence-corrected chi connectivity index (χ3v) is 4.74. The van der Waals surface area contributed by atoms with Gasteiger partial charge in [0.1, 0.15) is 0 Å². The molecule has 1 aliphatic rings. The molecule has 7 nitrogen and oxygen atoms in total. The first kappa shape index (κ1) is 18.2. The van der Waals surface area contributed by atoms with Crippen molar-refractivity contribution in [2.45, 2.75) is 36.1 Å². The molecule has 1 N–H and O–H groups in total.